The van der Waals surface area contributed by atoms with Crippen molar-refractivity contribution >= 4 is 47.2 Å². The fourth-order valence-corrected chi connectivity index (χ4v) is 2.23. The third-order valence-corrected chi connectivity index (χ3v) is 3.73. The van der Waals surface area contributed by atoms with Crippen molar-refractivity contribution in [2.75, 3.05) is 26.1 Å². The van der Waals surface area contributed by atoms with E-state index in [1.54, 1.807) is 25.3 Å². The summed E-state index contributed by atoms with van der Waals surface area (Å²) in [6.07, 6.45) is -1.00. The van der Waals surface area contributed by atoms with Crippen molar-refractivity contribution in [2.45, 2.75) is 6.10 Å². The summed E-state index contributed by atoms with van der Waals surface area (Å²) in [4.78, 5) is 4.05. The quantitative estimate of drug-likeness (QED) is 0.324. The molecule has 0 saturated heterocycles. The third-order valence-electron chi connectivity index (χ3n) is 3.42. The number of guanidine groups is 1. The highest BCUT2D eigenvalue weighted by Crippen LogP contribution is 2.29. The zero-order valence-electron chi connectivity index (χ0n) is 14.2. The van der Waals surface area contributed by atoms with Gasteiger partial charge in [0.25, 0.3) is 0 Å². The molecule has 6 nitrogen and oxygen atoms in total. The Morgan fingerprint density at radius 2 is 1.92 bits per heavy atom. The predicted octanol–water partition coefficient (Wildman–Crippen LogP) is 3.57. The summed E-state index contributed by atoms with van der Waals surface area (Å²) in [6, 6.07) is 9.25. The van der Waals surface area contributed by atoms with Gasteiger partial charge in [0.2, 0.25) is 0 Å². The average molecular weight is 496 g/mol. The maximum absolute atomic E-state index is 13.4. The summed E-state index contributed by atoms with van der Waals surface area (Å²) in [5.41, 5.74) is 6.82. The molecule has 0 aliphatic carbocycles. The molecule has 0 spiro atoms. The van der Waals surface area contributed by atoms with E-state index in [0.29, 0.717) is 22.7 Å². The highest BCUT2D eigenvalue weighted by Gasteiger charge is 2.10. The molecule has 0 aromatic heterocycles. The lowest BCUT2D eigenvalue weighted by atomic mass is 10.1. The number of benzene rings is 2. The summed E-state index contributed by atoms with van der Waals surface area (Å²) in [5, 5.41) is 12.9. The molecule has 0 bridgehead atoms. The molecule has 0 heterocycles. The molecule has 1 unspecified atom stereocenters. The van der Waals surface area contributed by atoms with Crippen LogP contribution in [-0.4, -0.2) is 31.8 Å². The summed E-state index contributed by atoms with van der Waals surface area (Å²) < 4.78 is 23.8. The molecule has 1 atom stereocenters. The zero-order chi connectivity index (χ0) is 18.4. The van der Waals surface area contributed by atoms with Crippen LogP contribution in [0.5, 0.6) is 11.5 Å². The van der Waals surface area contributed by atoms with Crippen LogP contribution in [0.1, 0.15) is 11.7 Å². The van der Waals surface area contributed by atoms with E-state index in [1.165, 1.54) is 25.3 Å². The highest BCUT2D eigenvalue weighted by molar-refractivity contribution is 14.0. The van der Waals surface area contributed by atoms with Gasteiger partial charge in [0.1, 0.15) is 5.82 Å². The molecule has 4 N–H and O–H groups in total. The Labute approximate surface area is 173 Å². The number of ether oxygens (including phenoxy) is 2. The van der Waals surface area contributed by atoms with E-state index in [0.717, 1.165) is 0 Å². The summed E-state index contributed by atoms with van der Waals surface area (Å²) >= 11 is 5.62. The van der Waals surface area contributed by atoms with Gasteiger partial charge in [0, 0.05) is 11.8 Å². The van der Waals surface area contributed by atoms with Gasteiger partial charge < -0.3 is 25.6 Å². The SMILES string of the molecule is COc1ccc(NC(N)=NCC(O)c2ccc(Cl)c(F)c2)cc1OC.I. The molecule has 9 heteroatoms. The maximum atomic E-state index is 13.4. The highest BCUT2D eigenvalue weighted by atomic mass is 127. The molecule has 26 heavy (non-hydrogen) atoms. The molecule has 142 valence electrons. The van der Waals surface area contributed by atoms with Crippen molar-refractivity contribution in [1.29, 1.82) is 0 Å². The number of hydrogen-bond acceptors (Lipinski definition) is 4. The van der Waals surface area contributed by atoms with E-state index in [1.807, 2.05) is 0 Å². The molecule has 2 rings (SSSR count). The van der Waals surface area contributed by atoms with E-state index < -0.39 is 11.9 Å². The summed E-state index contributed by atoms with van der Waals surface area (Å²) in [7, 11) is 3.07. The number of aliphatic hydroxyl groups is 1. The van der Waals surface area contributed by atoms with Gasteiger partial charge >= 0.3 is 0 Å². The van der Waals surface area contributed by atoms with Crippen LogP contribution >= 0.6 is 35.6 Å². The van der Waals surface area contributed by atoms with Crippen molar-refractivity contribution in [1.82, 2.24) is 0 Å². The second-order valence-electron chi connectivity index (χ2n) is 5.11. The molecular formula is C17H20ClFIN3O3. The minimum Gasteiger partial charge on any atom is -0.493 e. The van der Waals surface area contributed by atoms with Crippen molar-refractivity contribution in [3.8, 4) is 11.5 Å². The molecular weight excluding hydrogens is 476 g/mol. The van der Waals surface area contributed by atoms with Crippen molar-refractivity contribution in [3.63, 3.8) is 0 Å². The number of hydrogen-bond donors (Lipinski definition) is 3. The summed E-state index contributed by atoms with van der Waals surface area (Å²) in [5.74, 6) is 0.625. The lowest BCUT2D eigenvalue weighted by Crippen LogP contribution is -2.23. The largest absolute Gasteiger partial charge is 0.493 e. The van der Waals surface area contributed by atoms with Gasteiger partial charge in [-0.25, -0.2) is 4.39 Å². The van der Waals surface area contributed by atoms with Gasteiger partial charge in [0.05, 0.1) is 31.9 Å². The molecule has 0 radical (unpaired) electrons. The molecule has 0 aliphatic heterocycles. The topological polar surface area (TPSA) is 89.1 Å². The van der Waals surface area contributed by atoms with Gasteiger partial charge in [0.15, 0.2) is 17.5 Å². The number of halogens is 3. The van der Waals surface area contributed by atoms with E-state index >= 15 is 0 Å². The fraction of sp³-hybridized carbons (Fsp3) is 0.235. The number of nitrogens with two attached hydrogens (primary N) is 1. The van der Waals surface area contributed by atoms with Gasteiger partial charge in [-0.3, -0.25) is 4.99 Å². The Bertz CT molecular complexity index is 777. The first-order valence-corrected chi connectivity index (χ1v) is 7.74. The van der Waals surface area contributed by atoms with Crippen LogP contribution in [0.25, 0.3) is 0 Å². The average Bonchev–Trinajstić information content (AvgIpc) is 2.61. The maximum Gasteiger partial charge on any atom is 0.193 e. The number of aliphatic imine (C=N–C) groups is 1. The van der Waals surface area contributed by atoms with E-state index in [4.69, 9.17) is 26.8 Å². The Morgan fingerprint density at radius 3 is 2.54 bits per heavy atom. The first-order chi connectivity index (χ1) is 11.9. The Morgan fingerprint density at radius 1 is 1.23 bits per heavy atom. The van der Waals surface area contributed by atoms with Crippen LogP contribution in [0.2, 0.25) is 5.02 Å². The Hall–Kier alpha value is -1.78. The second kappa shape index (κ2) is 10.4. The van der Waals surface area contributed by atoms with Crippen LogP contribution in [0.3, 0.4) is 0 Å². The predicted molar refractivity (Wildman–Crippen MR) is 111 cm³/mol. The molecule has 0 aliphatic rings. The zero-order valence-corrected chi connectivity index (χ0v) is 17.3. The van der Waals surface area contributed by atoms with Gasteiger partial charge in [-0.1, -0.05) is 17.7 Å². The molecule has 0 saturated carbocycles. The number of nitrogens with one attached hydrogen (secondary N) is 1. The first kappa shape index (κ1) is 22.3. The van der Waals surface area contributed by atoms with Crippen LogP contribution in [-0.2, 0) is 0 Å². The third kappa shape index (κ3) is 5.89. The van der Waals surface area contributed by atoms with Crippen molar-refractivity contribution < 1.29 is 19.0 Å². The summed E-state index contributed by atoms with van der Waals surface area (Å²) in [6.45, 7) is -0.0345. The fourth-order valence-electron chi connectivity index (χ4n) is 2.11. The molecule has 2 aromatic rings. The molecule has 2 aromatic carbocycles. The van der Waals surface area contributed by atoms with Gasteiger partial charge in [-0.2, -0.15) is 0 Å². The number of rotatable bonds is 6. The van der Waals surface area contributed by atoms with Crippen LogP contribution < -0.4 is 20.5 Å². The Balaban J connectivity index is 0.00000338. The molecule has 0 fully saturated rings. The van der Waals surface area contributed by atoms with Crippen molar-refractivity contribution in [3.05, 3.63) is 52.8 Å². The number of nitrogens with zero attached hydrogens (tertiary/aromatic N) is 1. The lowest BCUT2D eigenvalue weighted by Gasteiger charge is -2.12. The number of methoxy groups -OCH3 is 2. The van der Waals surface area contributed by atoms with Crippen LogP contribution in [0.15, 0.2) is 41.4 Å². The number of aliphatic hydroxyl groups excluding tert-OH is 1. The van der Waals surface area contributed by atoms with Gasteiger partial charge in [-0.15, -0.1) is 24.0 Å². The molecule has 0 amide bonds. The standard InChI is InChI=1S/C17H19ClFN3O3.HI/c1-24-15-6-4-11(8-16(15)25-2)22-17(20)21-9-14(23)10-3-5-12(18)13(19)7-10;/h3-8,14,23H,9H2,1-2H3,(H3,20,21,22);1H. The van der Waals surface area contributed by atoms with E-state index in [-0.39, 0.29) is 41.5 Å². The van der Waals surface area contributed by atoms with Gasteiger partial charge in [-0.05, 0) is 29.8 Å². The monoisotopic (exact) mass is 495 g/mol. The van der Waals surface area contributed by atoms with E-state index in [9.17, 15) is 9.50 Å². The normalized spacial score (nSPS) is 12.1. The lowest BCUT2D eigenvalue weighted by molar-refractivity contribution is 0.187. The Kier molecular flexibility index (Phi) is 8.89. The first-order valence-electron chi connectivity index (χ1n) is 7.36. The number of anilines is 1. The smallest absolute Gasteiger partial charge is 0.193 e. The van der Waals surface area contributed by atoms with E-state index in [2.05, 4.69) is 10.3 Å². The van der Waals surface area contributed by atoms with Crippen molar-refractivity contribution in [2.24, 2.45) is 10.7 Å². The second-order valence-corrected chi connectivity index (χ2v) is 5.52. The minimum atomic E-state index is -1.00. The van der Waals surface area contributed by atoms with Crippen LogP contribution in [0.4, 0.5) is 10.1 Å². The minimum absolute atomic E-state index is 0. The van der Waals surface area contributed by atoms with Crippen LogP contribution in [0, 0.1) is 5.82 Å².